The summed E-state index contributed by atoms with van der Waals surface area (Å²) in [5, 5.41) is 40.2. The molecule has 2 aromatic rings. The lowest BCUT2D eigenvalue weighted by atomic mass is 9.99. The number of fused-ring (bicyclic) bond motifs is 1. The Hall–Kier alpha value is -1.68. The minimum atomic E-state index is -1.47. The first-order valence-electron chi connectivity index (χ1n) is 8.63. The molecule has 1 aromatic carbocycles. The van der Waals surface area contributed by atoms with Crippen LogP contribution >= 0.6 is 0 Å². The number of aromatic amines is 1. The number of aromatic nitrogens is 1. The summed E-state index contributed by atoms with van der Waals surface area (Å²) in [4.78, 5) is 5.29. The molecule has 0 spiro atoms. The maximum absolute atomic E-state index is 10.2. The minimum Gasteiger partial charge on any atom is -0.461 e. The van der Waals surface area contributed by atoms with Crippen molar-refractivity contribution in [3.8, 4) is 5.75 Å². The molecule has 1 fully saturated rings. The van der Waals surface area contributed by atoms with Crippen molar-refractivity contribution in [3.05, 3.63) is 30.0 Å². The predicted octanol–water partition coefficient (Wildman–Crippen LogP) is -0.549. The van der Waals surface area contributed by atoms with Crippen molar-refractivity contribution in [2.24, 2.45) is 0 Å². The van der Waals surface area contributed by atoms with E-state index in [4.69, 9.17) is 9.47 Å². The van der Waals surface area contributed by atoms with Crippen LogP contribution in [0.2, 0.25) is 0 Å². The van der Waals surface area contributed by atoms with Crippen LogP contribution in [-0.2, 0) is 11.2 Å². The van der Waals surface area contributed by atoms with Crippen molar-refractivity contribution in [2.45, 2.75) is 37.1 Å². The van der Waals surface area contributed by atoms with E-state index in [0.29, 0.717) is 5.75 Å². The lowest BCUT2D eigenvalue weighted by Crippen LogP contribution is -2.60. The van der Waals surface area contributed by atoms with Gasteiger partial charge in [-0.1, -0.05) is 6.07 Å². The minimum absolute atomic E-state index is 0.493. The third-order valence-corrected chi connectivity index (χ3v) is 4.67. The maximum atomic E-state index is 10.2. The molecule has 0 amide bonds. The Morgan fingerprint density at radius 2 is 1.92 bits per heavy atom. The fraction of sp³-hybridized carbons (Fsp3) is 0.556. The lowest BCUT2D eigenvalue weighted by molar-refractivity contribution is -0.277. The van der Waals surface area contributed by atoms with E-state index >= 15 is 0 Å². The summed E-state index contributed by atoms with van der Waals surface area (Å²) < 4.78 is 11.3. The molecule has 0 aliphatic carbocycles. The third-order valence-electron chi connectivity index (χ3n) is 4.67. The molecule has 2 heterocycles. The van der Waals surface area contributed by atoms with Crippen molar-refractivity contribution < 1.29 is 29.9 Å². The summed E-state index contributed by atoms with van der Waals surface area (Å²) in [5.41, 5.74) is 1.95. The standard InChI is InChI=1S/C18H26N2O6/c1-20(2)7-6-10-8-19-11-4-3-5-12(14(10)11)25-18-17(24)16(23)15(22)13(9-21)26-18/h3-5,8,13,15-19,21-24H,6-7,9H2,1-2H3/t13?,15-,16+,17?,18-/m1/s1. The number of aliphatic hydroxyl groups is 4. The predicted molar refractivity (Wildman–Crippen MR) is 95.0 cm³/mol. The van der Waals surface area contributed by atoms with Crippen molar-refractivity contribution >= 4 is 10.9 Å². The van der Waals surface area contributed by atoms with Crippen LogP contribution in [0.3, 0.4) is 0 Å². The van der Waals surface area contributed by atoms with E-state index in [1.165, 1.54) is 0 Å². The molecule has 8 heteroatoms. The van der Waals surface area contributed by atoms with Gasteiger partial charge in [0, 0.05) is 23.6 Å². The number of aliphatic hydroxyl groups excluding tert-OH is 4. The van der Waals surface area contributed by atoms with Gasteiger partial charge in [-0.25, -0.2) is 0 Å². The van der Waals surface area contributed by atoms with Gasteiger partial charge in [0.1, 0.15) is 30.2 Å². The van der Waals surface area contributed by atoms with Gasteiger partial charge in [-0.3, -0.25) is 0 Å². The second-order valence-corrected chi connectivity index (χ2v) is 6.86. The van der Waals surface area contributed by atoms with Crippen LogP contribution in [0.4, 0.5) is 0 Å². The fourth-order valence-electron chi connectivity index (χ4n) is 3.15. The average molecular weight is 366 g/mol. The van der Waals surface area contributed by atoms with Crippen molar-refractivity contribution in [2.75, 3.05) is 27.2 Å². The molecule has 144 valence electrons. The molecule has 3 rings (SSSR count). The summed E-state index contributed by atoms with van der Waals surface area (Å²) in [5.74, 6) is 0.502. The monoisotopic (exact) mass is 366 g/mol. The van der Waals surface area contributed by atoms with Crippen LogP contribution in [0.25, 0.3) is 10.9 Å². The van der Waals surface area contributed by atoms with Gasteiger partial charge in [-0.15, -0.1) is 0 Å². The van der Waals surface area contributed by atoms with Crippen LogP contribution in [-0.4, -0.2) is 88.3 Å². The molecule has 0 bridgehead atoms. The van der Waals surface area contributed by atoms with E-state index in [1.54, 1.807) is 6.07 Å². The molecule has 0 saturated carbocycles. The zero-order valence-corrected chi connectivity index (χ0v) is 14.9. The normalized spacial score (nSPS) is 29.4. The highest BCUT2D eigenvalue weighted by atomic mass is 16.7. The van der Waals surface area contributed by atoms with Crippen LogP contribution in [0.1, 0.15) is 5.56 Å². The molecule has 1 aromatic heterocycles. The van der Waals surface area contributed by atoms with Gasteiger partial charge in [0.15, 0.2) is 0 Å². The van der Waals surface area contributed by atoms with E-state index in [0.717, 1.165) is 29.4 Å². The number of hydrogen-bond acceptors (Lipinski definition) is 7. The summed E-state index contributed by atoms with van der Waals surface area (Å²) >= 11 is 0. The molecule has 26 heavy (non-hydrogen) atoms. The van der Waals surface area contributed by atoms with Gasteiger partial charge in [0.05, 0.1) is 6.61 Å². The smallest absolute Gasteiger partial charge is 0.229 e. The Balaban J connectivity index is 1.87. The van der Waals surface area contributed by atoms with Gasteiger partial charge in [0.25, 0.3) is 0 Å². The lowest BCUT2D eigenvalue weighted by Gasteiger charge is -2.39. The molecule has 5 N–H and O–H groups in total. The van der Waals surface area contributed by atoms with E-state index in [9.17, 15) is 20.4 Å². The fourth-order valence-corrected chi connectivity index (χ4v) is 3.15. The van der Waals surface area contributed by atoms with E-state index < -0.39 is 37.3 Å². The number of nitrogens with one attached hydrogen (secondary N) is 1. The van der Waals surface area contributed by atoms with Gasteiger partial charge < -0.3 is 39.8 Å². The second-order valence-electron chi connectivity index (χ2n) is 6.86. The van der Waals surface area contributed by atoms with E-state index in [-0.39, 0.29) is 0 Å². The van der Waals surface area contributed by atoms with E-state index in [1.807, 2.05) is 32.4 Å². The largest absolute Gasteiger partial charge is 0.461 e. The van der Waals surface area contributed by atoms with Crippen molar-refractivity contribution in [1.82, 2.24) is 9.88 Å². The number of H-pyrrole nitrogens is 1. The maximum Gasteiger partial charge on any atom is 0.229 e. The zero-order valence-electron chi connectivity index (χ0n) is 14.9. The average Bonchev–Trinajstić information content (AvgIpc) is 3.04. The Kier molecular flexibility index (Phi) is 5.81. The Bertz CT molecular complexity index is 732. The van der Waals surface area contributed by atoms with Crippen molar-refractivity contribution in [3.63, 3.8) is 0 Å². The summed E-state index contributed by atoms with van der Waals surface area (Å²) in [7, 11) is 4.00. The highest BCUT2D eigenvalue weighted by Crippen LogP contribution is 2.32. The molecule has 8 nitrogen and oxygen atoms in total. The molecule has 1 aliphatic heterocycles. The van der Waals surface area contributed by atoms with Crippen LogP contribution in [0.5, 0.6) is 5.75 Å². The van der Waals surface area contributed by atoms with Gasteiger partial charge in [0.2, 0.25) is 6.29 Å². The SMILES string of the molecule is CN(C)CCc1c[nH]c2cccc(O[C@@H]3OC(CO)[C@@H](O)[C@H](O)C3O)c12. The summed E-state index contributed by atoms with van der Waals surface area (Å²) in [6.45, 7) is 0.370. The topological polar surface area (TPSA) is 118 Å². The van der Waals surface area contributed by atoms with Gasteiger partial charge >= 0.3 is 0 Å². The van der Waals surface area contributed by atoms with Crippen LogP contribution in [0, 0.1) is 0 Å². The molecular formula is C18H26N2O6. The number of nitrogens with zero attached hydrogens (tertiary/aromatic N) is 1. The number of rotatable bonds is 6. The molecule has 1 saturated heterocycles. The molecule has 5 atom stereocenters. The van der Waals surface area contributed by atoms with Gasteiger partial charge in [-0.05, 0) is 38.2 Å². The molecular weight excluding hydrogens is 340 g/mol. The zero-order chi connectivity index (χ0) is 18.8. The quantitative estimate of drug-likeness (QED) is 0.465. The first kappa shape index (κ1) is 19.1. The second kappa shape index (κ2) is 7.91. The van der Waals surface area contributed by atoms with Crippen LogP contribution < -0.4 is 4.74 Å². The number of ether oxygens (including phenoxy) is 2. The van der Waals surface area contributed by atoms with Gasteiger partial charge in [-0.2, -0.15) is 0 Å². The Morgan fingerprint density at radius 3 is 2.62 bits per heavy atom. The number of likely N-dealkylation sites (N-methyl/N-ethyl adjacent to an activating group) is 1. The molecule has 0 radical (unpaired) electrons. The van der Waals surface area contributed by atoms with Crippen LogP contribution in [0.15, 0.2) is 24.4 Å². The summed E-state index contributed by atoms with van der Waals surface area (Å²) in [6, 6.07) is 5.50. The van der Waals surface area contributed by atoms with E-state index in [2.05, 4.69) is 9.88 Å². The number of hydrogen-bond donors (Lipinski definition) is 5. The third kappa shape index (κ3) is 3.71. The first-order valence-corrected chi connectivity index (χ1v) is 8.63. The molecule has 1 aliphatic rings. The number of benzene rings is 1. The Labute approximate surface area is 151 Å². The highest BCUT2D eigenvalue weighted by molar-refractivity contribution is 5.89. The first-order chi connectivity index (χ1) is 12.4. The Morgan fingerprint density at radius 1 is 1.15 bits per heavy atom. The molecule has 2 unspecified atom stereocenters. The highest BCUT2D eigenvalue weighted by Gasteiger charge is 2.44. The van der Waals surface area contributed by atoms with Crippen molar-refractivity contribution in [1.29, 1.82) is 0 Å². The summed E-state index contributed by atoms with van der Waals surface area (Å²) in [6.07, 6.45) is -3.79.